The van der Waals surface area contributed by atoms with Gasteiger partial charge in [0.2, 0.25) is 5.91 Å². The van der Waals surface area contributed by atoms with Crippen molar-refractivity contribution >= 4 is 23.2 Å². The van der Waals surface area contributed by atoms with E-state index in [1.165, 1.54) is 18.2 Å². The van der Waals surface area contributed by atoms with E-state index in [1.54, 1.807) is 18.2 Å². The number of hydrogen-bond donors (Lipinski definition) is 1. The Morgan fingerprint density at radius 1 is 1.03 bits per heavy atom. The topological polar surface area (TPSA) is 85.9 Å². The summed E-state index contributed by atoms with van der Waals surface area (Å²) in [5.41, 5.74) is 4.30. The van der Waals surface area contributed by atoms with Crippen molar-refractivity contribution in [2.45, 2.75) is 20.3 Å². The van der Waals surface area contributed by atoms with Gasteiger partial charge in [-0.05, 0) is 66.9 Å². The van der Waals surface area contributed by atoms with Crippen LogP contribution in [0, 0.1) is 36.5 Å². The summed E-state index contributed by atoms with van der Waals surface area (Å²) in [6.07, 6.45) is 0.163. The third-order valence-electron chi connectivity index (χ3n) is 4.63. The van der Waals surface area contributed by atoms with E-state index in [9.17, 15) is 4.79 Å². The summed E-state index contributed by atoms with van der Waals surface area (Å²) in [5, 5.41) is 21.4. The van der Waals surface area contributed by atoms with Gasteiger partial charge in [-0.1, -0.05) is 29.8 Å². The van der Waals surface area contributed by atoms with Crippen molar-refractivity contribution in [3.63, 3.8) is 0 Å². The Kier molecular flexibility index (Phi) is 6.37. The monoisotopic (exact) mass is 415 g/mol. The largest absolute Gasteiger partial charge is 0.456 e. The van der Waals surface area contributed by atoms with E-state index in [2.05, 4.69) is 5.32 Å². The molecule has 0 saturated carbocycles. The summed E-state index contributed by atoms with van der Waals surface area (Å²) in [4.78, 5) is 12.4. The molecule has 0 unspecified atom stereocenters. The Morgan fingerprint density at radius 3 is 2.37 bits per heavy atom. The molecule has 0 atom stereocenters. The summed E-state index contributed by atoms with van der Waals surface area (Å²) in [6, 6.07) is 19.4. The van der Waals surface area contributed by atoms with Crippen LogP contribution in [0.15, 0.2) is 54.6 Å². The first-order chi connectivity index (χ1) is 14.4. The number of nitrogens with one attached hydrogen (secondary N) is 1. The average molecular weight is 416 g/mol. The molecule has 0 spiro atoms. The smallest absolute Gasteiger partial charge is 0.228 e. The fourth-order valence-electron chi connectivity index (χ4n) is 2.92. The van der Waals surface area contributed by atoms with Crippen molar-refractivity contribution in [3.05, 3.63) is 87.4 Å². The van der Waals surface area contributed by atoms with Crippen molar-refractivity contribution in [2.75, 3.05) is 5.32 Å². The van der Waals surface area contributed by atoms with E-state index < -0.39 is 0 Å². The van der Waals surface area contributed by atoms with Crippen LogP contribution < -0.4 is 10.1 Å². The Bertz CT molecular complexity index is 1170. The van der Waals surface area contributed by atoms with Crippen LogP contribution in [0.25, 0.3) is 0 Å². The summed E-state index contributed by atoms with van der Waals surface area (Å²) in [7, 11) is 0. The molecule has 6 heteroatoms. The second-order valence-electron chi connectivity index (χ2n) is 6.81. The number of anilines is 1. The molecule has 3 rings (SSSR count). The van der Waals surface area contributed by atoms with Gasteiger partial charge in [-0.3, -0.25) is 4.79 Å². The molecule has 0 heterocycles. The van der Waals surface area contributed by atoms with Gasteiger partial charge in [0.15, 0.2) is 0 Å². The van der Waals surface area contributed by atoms with Crippen molar-refractivity contribution in [3.8, 4) is 23.6 Å². The van der Waals surface area contributed by atoms with Crippen LogP contribution in [0.2, 0.25) is 5.02 Å². The van der Waals surface area contributed by atoms with Gasteiger partial charge >= 0.3 is 0 Å². The Balaban J connectivity index is 1.73. The molecule has 1 N–H and O–H groups in total. The Labute approximate surface area is 180 Å². The van der Waals surface area contributed by atoms with Gasteiger partial charge in [-0.2, -0.15) is 10.5 Å². The first-order valence-electron chi connectivity index (χ1n) is 9.17. The minimum atomic E-state index is -0.145. The van der Waals surface area contributed by atoms with Crippen molar-refractivity contribution in [1.29, 1.82) is 10.5 Å². The molecule has 3 aromatic carbocycles. The van der Waals surface area contributed by atoms with E-state index in [4.69, 9.17) is 26.9 Å². The molecule has 1 amide bonds. The maximum absolute atomic E-state index is 12.4. The highest BCUT2D eigenvalue weighted by atomic mass is 35.5. The summed E-state index contributed by atoms with van der Waals surface area (Å²) >= 11 is 6.33. The van der Waals surface area contributed by atoms with Crippen LogP contribution in [0.5, 0.6) is 11.5 Å². The van der Waals surface area contributed by atoms with Crippen LogP contribution >= 0.6 is 11.6 Å². The lowest BCUT2D eigenvalue weighted by Crippen LogP contribution is -2.15. The molecule has 30 heavy (non-hydrogen) atoms. The highest BCUT2D eigenvalue weighted by molar-refractivity contribution is 6.32. The molecule has 0 aromatic heterocycles. The van der Waals surface area contributed by atoms with Crippen LogP contribution in [-0.2, 0) is 11.2 Å². The Morgan fingerprint density at radius 2 is 1.73 bits per heavy atom. The molecule has 5 nitrogen and oxygen atoms in total. The van der Waals surface area contributed by atoms with Crippen molar-refractivity contribution in [1.82, 2.24) is 0 Å². The molecule has 0 saturated heterocycles. The fourth-order valence-corrected chi connectivity index (χ4v) is 3.16. The minimum Gasteiger partial charge on any atom is -0.456 e. The van der Waals surface area contributed by atoms with E-state index in [0.29, 0.717) is 27.6 Å². The quantitative estimate of drug-likeness (QED) is 0.581. The van der Waals surface area contributed by atoms with Crippen LogP contribution in [0.4, 0.5) is 5.69 Å². The fraction of sp³-hybridized carbons (Fsp3) is 0.125. The van der Waals surface area contributed by atoms with Gasteiger partial charge in [0, 0.05) is 5.69 Å². The maximum Gasteiger partial charge on any atom is 0.228 e. The molecule has 0 aliphatic heterocycles. The van der Waals surface area contributed by atoms with Gasteiger partial charge in [0.05, 0.1) is 34.7 Å². The standard InChI is InChI=1S/C24H18ClN3O2/c1-15-4-3-5-22(16(15)2)28-24(29)12-17-6-7-23(21(25)11-17)30-20-9-18(13-26)8-19(10-20)14-27/h3-11H,12H2,1-2H3,(H,28,29). The number of carbonyl (C=O) groups is 1. The highest BCUT2D eigenvalue weighted by Gasteiger charge is 2.11. The molecule has 0 aliphatic rings. The first-order valence-corrected chi connectivity index (χ1v) is 9.55. The molecule has 0 bridgehead atoms. The van der Waals surface area contributed by atoms with Gasteiger partial charge in [-0.25, -0.2) is 0 Å². The Hall–Kier alpha value is -3.80. The first kappa shape index (κ1) is 20.9. The van der Waals surface area contributed by atoms with Gasteiger partial charge < -0.3 is 10.1 Å². The SMILES string of the molecule is Cc1cccc(NC(=O)Cc2ccc(Oc3cc(C#N)cc(C#N)c3)c(Cl)c2)c1C. The number of ether oxygens (including phenoxy) is 1. The zero-order chi connectivity index (χ0) is 21.7. The zero-order valence-electron chi connectivity index (χ0n) is 16.5. The number of rotatable bonds is 5. The van der Waals surface area contributed by atoms with E-state index in [-0.39, 0.29) is 12.3 Å². The molecule has 0 fully saturated rings. The lowest BCUT2D eigenvalue weighted by atomic mass is 10.1. The number of halogens is 1. The molecule has 3 aromatic rings. The number of hydrogen-bond acceptors (Lipinski definition) is 4. The number of carbonyl (C=O) groups excluding carboxylic acids is 1. The maximum atomic E-state index is 12.4. The van der Waals surface area contributed by atoms with Gasteiger partial charge in [0.25, 0.3) is 0 Å². The highest BCUT2D eigenvalue weighted by Crippen LogP contribution is 2.31. The minimum absolute atomic E-state index is 0.145. The molecular formula is C24H18ClN3O2. The third kappa shape index (κ3) is 4.97. The molecule has 148 valence electrons. The van der Waals surface area contributed by atoms with Crippen molar-refractivity contribution < 1.29 is 9.53 Å². The predicted octanol–water partition coefficient (Wildman–Crippen LogP) is 5.67. The normalized spacial score (nSPS) is 10.0. The number of aryl methyl sites for hydroxylation is 1. The van der Waals surface area contributed by atoms with Gasteiger partial charge in [0.1, 0.15) is 11.5 Å². The lowest BCUT2D eigenvalue weighted by molar-refractivity contribution is -0.115. The van der Waals surface area contributed by atoms with Crippen LogP contribution in [0.1, 0.15) is 27.8 Å². The number of nitrogens with zero attached hydrogens (tertiary/aromatic N) is 2. The van der Waals surface area contributed by atoms with Crippen LogP contribution in [0.3, 0.4) is 0 Å². The zero-order valence-corrected chi connectivity index (χ0v) is 17.2. The summed E-state index contributed by atoms with van der Waals surface area (Å²) in [6.45, 7) is 3.96. The number of nitriles is 2. The summed E-state index contributed by atoms with van der Waals surface area (Å²) < 4.78 is 5.74. The van der Waals surface area contributed by atoms with E-state index in [0.717, 1.165) is 22.4 Å². The average Bonchev–Trinajstić information content (AvgIpc) is 2.73. The second-order valence-corrected chi connectivity index (χ2v) is 7.22. The van der Waals surface area contributed by atoms with Crippen LogP contribution in [-0.4, -0.2) is 5.91 Å². The molecular weight excluding hydrogens is 398 g/mol. The molecule has 0 radical (unpaired) electrons. The summed E-state index contributed by atoms with van der Waals surface area (Å²) in [5.74, 6) is 0.566. The number of amides is 1. The van der Waals surface area contributed by atoms with E-state index in [1.807, 2.05) is 44.2 Å². The lowest BCUT2D eigenvalue weighted by Gasteiger charge is -2.12. The van der Waals surface area contributed by atoms with Gasteiger partial charge in [-0.15, -0.1) is 0 Å². The third-order valence-corrected chi connectivity index (χ3v) is 4.93. The second kappa shape index (κ2) is 9.13. The number of benzene rings is 3. The predicted molar refractivity (Wildman–Crippen MR) is 116 cm³/mol. The molecule has 0 aliphatic carbocycles. The van der Waals surface area contributed by atoms with Crippen molar-refractivity contribution in [2.24, 2.45) is 0 Å². The van der Waals surface area contributed by atoms with E-state index >= 15 is 0 Å².